The lowest BCUT2D eigenvalue weighted by Crippen LogP contribution is -1.95. The molecule has 0 aliphatic heterocycles. The number of carboxylic acid groups (broad SMARTS) is 1. The van der Waals surface area contributed by atoms with Gasteiger partial charge in [0.2, 0.25) is 5.89 Å². The molecule has 1 N–H and O–H groups in total. The van der Waals surface area contributed by atoms with Gasteiger partial charge >= 0.3 is 5.97 Å². The number of rotatable bonds is 2. The highest BCUT2D eigenvalue weighted by molar-refractivity contribution is 5.88. The maximum Gasteiger partial charge on any atom is 0.335 e. The van der Waals surface area contributed by atoms with Crippen LogP contribution in [0.15, 0.2) is 34.9 Å². The van der Waals surface area contributed by atoms with E-state index in [2.05, 4.69) is 4.98 Å². The number of aryl methyl sites for hydroxylation is 1. The first-order valence-corrected chi connectivity index (χ1v) is 4.43. The van der Waals surface area contributed by atoms with Crippen LogP contribution in [0.1, 0.15) is 16.1 Å². The zero-order chi connectivity index (χ0) is 10.8. The third-order valence-electron chi connectivity index (χ3n) is 1.98. The molecule has 0 aliphatic carbocycles. The minimum Gasteiger partial charge on any atom is -0.478 e. The Bertz CT molecular complexity index is 502. The molecular formula is C11H9NO3. The third kappa shape index (κ3) is 1.88. The van der Waals surface area contributed by atoms with Crippen molar-refractivity contribution in [2.45, 2.75) is 6.92 Å². The van der Waals surface area contributed by atoms with Crippen LogP contribution in [0.5, 0.6) is 0 Å². The summed E-state index contributed by atoms with van der Waals surface area (Å²) in [6, 6.07) is 6.49. The number of benzene rings is 1. The molecule has 0 radical (unpaired) electrons. The van der Waals surface area contributed by atoms with Crippen molar-refractivity contribution in [2.24, 2.45) is 0 Å². The fourth-order valence-corrected chi connectivity index (χ4v) is 1.27. The second-order valence-electron chi connectivity index (χ2n) is 3.16. The molecule has 1 heterocycles. The summed E-state index contributed by atoms with van der Waals surface area (Å²) in [5, 5.41) is 8.81. The predicted molar refractivity (Wildman–Crippen MR) is 53.6 cm³/mol. The van der Waals surface area contributed by atoms with E-state index in [1.807, 2.05) is 0 Å². The Labute approximate surface area is 86.2 Å². The summed E-state index contributed by atoms with van der Waals surface area (Å²) in [6.07, 6.45) is 1.60. The maximum atomic E-state index is 10.7. The van der Waals surface area contributed by atoms with Crippen LogP contribution in [0.2, 0.25) is 0 Å². The molecule has 4 heteroatoms. The highest BCUT2D eigenvalue weighted by atomic mass is 16.4. The fraction of sp³-hybridized carbons (Fsp3) is 0.0909. The molecule has 2 aromatic rings. The third-order valence-corrected chi connectivity index (χ3v) is 1.98. The minimum absolute atomic E-state index is 0.225. The van der Waals surface area contributed by atoms with Crippen LogP contribution in [-0.4, -0.2) is 16.1 Å². The first kappa shape index (κ1) is 9.45. The topological polar surface area (TPSA) is 63.3 Å². The van der Waals surface area contributed by atoms with Crippen LogP contribution < -0.4 is 0 Å². The monoisotopic (exact) mass is 203 g/mol. The van der Waals surface area contributed by atoms with Crippen molar-refractivity contribution in [3.63, 3.8) is 0 Å². The lowest BCUT2D eigenvalue weighted by molar-refractivity contribution is 0.0697. The summed E-state index contributed by atoms with van der Waals surface area (Å²) in [5.41, 5.74) is 0.895. The molecule has 0 unspecified atom stereocenters. The van der Waals surface area contributed by atoms with Crippen molar-refractivity contribution >= 4 is 5.97 Å². The van der Waals surface area contributed by atoms with Crippen molar-refractivity contribution < 1.29 is 14.3 Å². The van der Waals surface area contributed by atoms with Gasteiger partial charge in [-0.3, -0.25) is 0 Å². The number of hydrogen-bond acceptors (Lipinski definition) is 3. The van der Waals surface area contributed by atoms with E-state index in [0.717, 1.165) is 0 Å². The molecule has 0 saturated heterocycles. The van der Waals surface area contributed by atoms with E-state index in [1.54, 1.807) is 25.3 Å². The Balaban J connectivity index is 2.45. The van der Waals surface area contributed by atoms with E-state index in [-0.39, 0.29) is 5.56 Å². The van der Waals surface area contributed by atoms with Gasteiger partial charge in [0.15, 0.2) is 0 Å². The van der Waals surface area contributed by atoms with Crippen molar-refractivity contribution in [3.05, 3.63) is 41.8 Å². The first-order valence-electron chi connectivity index (χ1n) is 4.43. The normalized spacial score (nSPS) is 10.2. The molecule has 0 bridgehead atoms. The second kappa shape index (κ2) is 3.57. The van der Waals surface area contributed by atoms with Gasteiger partial charge in [-0.15, -0.1) is 0 Å². The lowest BCUT2D eigenvalue weighted by Gasteiger charge is -1.97. The molecule has 0 amide bonds. The summed E-state index contributed by atoms with van der Waals surface area (Å²) >= 11 is 0. The van der Waals surface area contributed by atoms with Crippen LogP contribution in [0.3, 0.4) is 0 Å². The van der Waals surface area contributed by atoms with Gasteiger partial charge in [0, 0.05) is 5.56 Å². The number of carboxylic acids is 1. The number of hydrogen-bond donors (Lipinski definition) is 1. The molecule has 4 nitrogen and oxygen atoms in total. The van der Waals surface area contributed by atoms with Crippen LogP contribution in [0.25, 0.3) is 11.5 Å². The van der Waals surface area contributed by atoms with Crippen molar-refractivity contribution in [1.29, 1.82) is 0 Å². The van der Waals surface area contributed by atoms with Crippen molar-refractivity contribution in [3.8, 4) is 11.5 Å². The van der Waals surface area contributed by atoms with Gasteiger partial charge in [-0.05, 0) is 25.1 Å². The van der Waals surface area contributed by atoms with Crippen LogP contribution >= 0.6 is 0 Å². The van der Waals surface area contributed by atoms with Gasteiger partial charge in [-0.2, -0.15) is 0 Å². The standard InChI is InChI=1S/C11H9NO3/c1-7-6-12-10(15-7)8-3-2-4-9(5-8)11(13)14/h2-6H,1H3,(H,13,14). The largest absolute Gasteiger partial charge is 0.478 e. The predicted octanol–water partition coefficient (Wildman–Crippen LogP) is 2.35. The van der Waals surface area contributed by atoms with E-state index >= 15 is 0 Å². The average molecular weight is 203 g/mol. The SMILES string of the molecule is Cc1cnc(-c2cccc(C(=O)O)c2)o1. The van der Waals surface area contributed by atoms with E-state index in [4.69, 9.17) is 9.52 Å². The summed E-state index contributed by atoms with van der Waals surface area (Å²) in [7, 11) is 0. The zero-order valence-electron chi connectivity index (χ0n) is 8.10. The number of aromatic nitrogens is 1. The lowest BCUT2D eigenvalue weighted by atomic mass is 10.1. The van der Waals surface area contributed by atoms with Crippen LogP contribution in [-0.2, 0) is 0 Å². The summed E-state index contributed by atoms with van der Waals surface area (Å²) in [5.74, 6) is 0.182. The highest BCUT2D eigenvalue weighted by Crippen LogP contribution is 2.19. The number of oxazole rings is 1. The van der Waals surface area contributed by atoms with E-state index in [0.29, 0.717) is 17.2 Å². The molecular weight excluding hydrogens is 194 g/mol. The van der Waals surface area contributed by atoms with E-state index in [9.17, 15) is 4.79 Å². The van der Waals surface area contributed by atoms with Gasteiger partial charge in [0.25, 0.3) is 0 Å². The quantitative estimate of drug-likeness (QED) is 0.813. The average Bonchev–Trinajstić information content (AvgIpc) is 2.65. The number of carbonyl (C=O) groups is 1. The smallest absolute Gasteiger partial charge is 0.335 e. The van der Waals surface area contributed by atoms with Crippen molar-refractivity contribution in [1.82, 2.24) is 4.98 Å². The van der Waals surface area contributed by atoms with Gasteiger partial charge in [0.1, 0.15) is 5.76 Å². The molecule has 0 atom stereocenters. The Morgan fingerprint density at radius 3 is 2.87 bits per heavy atom. The molecule has 0 aliphatic rings. The zero-order valence-corrected chi connectivity index (χ0v) is 8.10. The van der Waals surface area contributed by atoms with Gasteiger partial charge in [-0.25, -0.2) is 9.78 Å². The van der Waals surface area contributed by atoms with Crippen molar-refractivity contribution in [2.75, 3.05) is 0 Å². The maximum absolute atomic E-state index is 10.7. The molecule has 0 fully saturated rings. The Morgan fingerprint density at radius 2 is 2.27 bits per heavy atom. The number of aromatic carboxylic acids is 1. The summed E-state index contributed by atoms with van der Waals surface area (Å²) < 4.78 is 5.30. The van der Waals surface area contributed by atoms with Gasteiger partial charge < -0.3 is 9.52 Å². The molecule has 76 valence electrons. The second-order valence-corrected chi connectivity index (χ2v) is 3.16. The van der Waals surface area contributed by atoms with Crippen LogP contribution in [0.4, 0.5) is 0 Å². The fourth-order valence-electron chi connectivity index (χ4n) is 1.27. The molecule has 0 spiro atoms. The van der Waals surface area contributed by atoms with Gasteiger partial charge in [-0.1, -0.05) is 6.07 Å². The summed E-state index contributed by atoms with van der Waals surface area (Å²) in [6.45, 7) is 1.79. The first-order chi connectivity index (χ1) is 7.16. The Hall–Kier alpha value is -2.10. The molecule has 0 saturated carbocycles. The molecule has 1 aromatic carbocycles. The van der Waals surface area contributed by atoms with Gasteiger partial charge in [0.05, 0.1) is 11.8 Å². The highest BCUT2D eigenvalue weighted by Gasteiger charge is 2.08. The molecule has 15 heavy (non-hydrogen) atoms. The number of nitrogens with zero attached hydrogens (tertiary/aromatic N) is 1. The minimum atomic E-state index is -0.958. The van der Waals surface area contributed by atoms with E-state index < -0.39 is 5.97 Å². The summed E-state index contributed by atoms with van der Waals surface area (Å²) in [4.78, 5) is 14.8. The molecule has 1 aromatic heterocycles. The molecule has 2 rings (SSSR count). The Kier molecular flexibility index (Phi) is 2.25. The Morgan fingerprint density at radius 1 is 1.47 bits per heavy atom. The van der Waals surface area contributed by atoms with Crippen LogP contribution in [0, 0.1) is 6.92 Å². The van der Waals surface area contributed by atoms with E-state index in [1.165, 1.54) is 12.1 Å².